The molecule has 1 aromatic heterocycles. The van der Waals surface area contributed by atoms with E-state index >= 15 is 0 Å². The Hall–Kier alpha value is -1.57. The summed E-state index contributed by atoms with van der Waals surface area (Å²) in [5.74, 6) is 0. The van der Waals surface area contributed by atoms with E-state index in [9.17, 15) is 0 Å². The van der Waals surface area contributed by atoms with Gasteiger partial charge in [0.25, 0.3) is 0 Å². The quantitative estimate of drug-likeness (QED) is 0.742. The van der Waals surface area contributed by atoms with Gasteiger partial charge in [-0.05, 0) is 18.4 Å². The van der Waals surface area contributed by atoms with Crippen molar-refractivity contribution in [3.8, 4) is 0 Å². The molecule has 0 bridgehead atoms. The number of nitrogens with zero attached hydrogens (tertiary/aromatic N) is 2. The standard InChI is InChI=1S/C13H16N2/c1-2-13-10-15(11-14-13)9-8-12-6-4-3-5-7-12/h3-7,10-11H,2,8-9H2,1H3. The Bertz CT molecular complexity index is 403. The lowest BCUT2D eigenvalue weighted by Gasteiger charge is -2.01. The molecule has 0 fully saturated rings. The van der Waals surface area contributed by atoms with Crippen molar-refractivity contribution in [2.24, 2.45) is 0 Å². The van der Waals surface area contributed by atoms with E-state index in [4.69, 9.17) is 0 Å². The lowest BCUT2D eigenvalue weighted by molar-refractivity contribution is 0.695. The molecule has 0 amide bonds. The Labute approximate surface area is 90.6 Å². The van der Waals surface area contributed by atoms with Crippen LogP contribution >= 0.6 is 0 Å². The maximum atomic E-state index is 4.31. The lowest BCUT2D eigenvalue weighted by Crippen LogP contribution is -1.98. The number of rotatable bonds is 4. The molecule has 0 unspecified atom stereocenters. The number of imidazole rings is 1. The Morgan fingerprint density at radius 3 is 2.67 bits per heavy atom. The molecule has 1 heterocycles. The number of aromatic nitrogens is 2. The van der Waals surface area contributed by atoms with Crippen molar-refractivity contribution in [1.82, 2.24) is 9.55 Å². The molecular weight excluding hydrogens is 184 g/mol. The number of benzene rings is 1. The van der Waals surface area contributed by atoms with Crippen LogP contribution in [-0.2, 0) is 19.4 Å². The van der Waals surface area contributed by atoms with Crippen LogP contribution in [0.2, 0.25) is 0 Å². The average Bonchev–Trinajstić information content (AvgIpc) is 2.76. The summed E-state index contributed by atoms with van der Waals surface area (Å²) < 4.78 is 2.16. The van der Waals surface area contributed by atoms with Gasteiger partial charge in [0.1, 0.15) is 0 Å². The molecule has 2 aromatic rings. The fraction of sp³-hybridized carbons (Fsp3) is 0.308. The van der Waals surface area contributed by atoms with E-state index in [1.54, 1.807) is 0 Å². The van der Waals surface area contributed by atoms with Crippen LogP contribution in [0.15, 0.2) is 42.9 Å². The first kappa shape index (κ1) is 9.97. The van der Waals surface area contributed by atoms with Crippen LogP contribution < -0.4 is 0 Å². The van der Waals surface area contributed by atoms with E-state index in [0.717, 1.165) is 19.4 Å². The highest BCUT2D eigenvalue weighted by Crippen LogP contribution is 2.03. The smallest absolute Gasteiger partial charge is 0.0949 e. The fourth-order valence-electron chi connectivity index (χ4n) is 1.61. The molecule has 0 aliphatic carbocycles. The van der Waals surface area contributed by atoms with Gasteiger partial charge in [-0.1, -0.05) is 37.3 Å². The topological polar surface area (TPSA) is 17.8 Å². The van der Waals surface area contributed by atoms with Gasteiger partial charge in [0.15, 0.2) is 0 Å². The van der Waals surface area contributed by atoms with Gasteiger partial charge in [-0.3, -0.25) is 0 Å². The molecule has 0 atom stereocenters. The summed E-state index contributed by atoms with van der Waals surface area (Å²) in [4.78, 5) is 4.31. The van der Waals surface area contributed by atoms with Crippen molar-refractivity contribution in [3.63, 3.8) is 0 Å². The van der Waals surface area contributed by atoms with E-state index in [0.29, 0.717) is 0 Å². The zero-order valence-corrected chi connectivity index (χ0v) is 9.06. The molecule has 2 rings (SSSR count). The highest BCUT2D eigenvalue weighted by molar-refractivity contribution is 5.14. The van der Waals surface area contributed by atoms with Gasteiger partial charge in [-0.15, -0.1) is 0 Å². The van der Waals surface area contributed by atoms with Crippen LogP contribution in [-0.4, -0.2) is 9.55 Å². The molecule has 0 spiro atoms. The van der Waals surface area contributed by atoms with Gasteiger partial charge < -0.3 is 4.57 Å². The molecule has 2 nitrogen and oxygen atoms in total. The van der Waals surface area contributed by atoms with Gasteiger partial charge in [0.05, 0.1) is 12.0 Å². The summed E-state index contributed by atoms with van der Waals surface area (Å²) >= 11 is 0. The summed E-state index contributed by atoms with van der Waals surface area (Å²) in [5.41, 5.74) is 2.55. The zero-order chi connectivity index (χ0) is 10.5. The number of hydrogen-bond acceptors (Lipinski definition) is 1. The van der Waals surface area contributed by atoms with Crippen molar-refractivity contribution in [3.05, 3.63) is 54.1 Å². The number of aryl methyl sites for hydroxylation is 3. The second-order valence-corrected chi connectivity index (χ2v) is 3.69. The van der Waals surface area contributed by atoms with Crippen molar-refractivity contribution in [1.29, 1.82) is 0 Å². The van der Waals surface area contributed by atoms with Gasteiger partial charge in [-0.25, -0.2) is 4.98 Å². The summed E-state index contributed by atoms with van der Waals surface area (Å²) in [6.45, 7) is 3.14. The van der Waals surface area contributed by atoms with Crippen molar-refractivity contribution in [2.45, 2.75) is 26.3 Å². The molecule has 0 saturated heterocycles. The van der Waals surface area contributed by atoms with E-state index < -0.39 is 0 Å². The SMILES string of the molecule is CCc1cn(CCc2ccccc2)cn1. The van der Waals surface area contributed by atoms with Gasteiger partial charge >= 0.3 is 0 Å². The average molecular weight is 200 g/mol. The Morgan fingerprint density at radius 1 is 1.20 bits per heavy atom. The highest BCUT2D eigenvalue weighted by atomic mass is 15.0. The molecule has 78 valence electrons. The summed E-state index contributed by atoms with van der Waals surface area (Å²) in [6.07, 6.45) is 6.13. The molecule has 0 saturated carbocycles. The predicted octanol–water partition coefficient (Wildman–Crippen LogP) is 2.69. The van der Waals surface area contributed by atoms with Crippen molar-refractivity contribution in [2.75, 3.05) is 0 Å². The largest absolute Gasteiger partial charge is 0.337 e. The number of hydrogen-bond donors (Lipinski definition) is 0. The normalized spacial score (nSPS) is 10.5. The third-order valence-corrected chi connectivity index (χ3v) is 2.55. The van der Waals surface area contributed by atoms with Gasteiger partial charge in [0.2, 0.25) is 0 Å². The molecule has 0 aliphatic rings. The van der Waals surface area contributed by atoms with Crippen LogP contribution in [0, 0.1) is 0 Å². The van der Waals surface area contributed by atoms with Crippen LogP contribution in [0.4, 0.5) is 0 Å². The van der Waals surface area contributed by atoms with E-state index in [1.165, 1.54) is 11.3 Å². The molecule has 15 heavy (non-hydrogen) atoms. The third kappa shape index (κ3) is 2.69. The summed E-state index contributed by atoms with van der Waals surface area (Å²) in [7, 11) is 0. The third-order valence-electron chi connectivity index (χ3n) is 2.55. The summed E-state index contributed by atoms with van der Waals surface area (Å²) in [5, 5.41) is 0. The van der Waals surface area contributed by atoms with E-state index in [2.05, 4.69) is 53.0 Å². The first-order valence-electron chi connectivity index (χ1n) is 5.43. The van der Waals surface area contributed by atoms with E-state index in [-0.39, 0.29) is 0 Å². The van der Waals surface area contributed by atoms with Crippen LogP contribution in [0.1, 0.15) is 18.2 Å². The molecule has 0 N–H and O–H groups in total. The molecule has 0 aliphatic heterocycles. The minimum absolute atomic E-state index is 1.01. The lowest BCUT2D eigenvalue weighted by atomic mass is 10.1. The second kappa shape index (κ2) is 4.78. The van der Waals surface area contributed by atoms with Crippen molar-refractivity contribution >= 4 is 0 Å². The van der Waals surface area contributed by atoms with Crippen LogP contribution in [0.25, 0.3) is 0 Å². The summed E-state index contributed by atoms with van der Waals surface area (Å²) in [6, 6.07) is 10.5. The maximum Gasteiger partial charge on any atom is 0.0949 e. The molecule has 1 aromatic carbocycles. The Kier molecular flexibility index (Phi) is 3.18. The van der Waals surface area contributed by atoms with E-state index in [1.807, 2.05) is 6.33 Å². The second-order valence-electron chi connectivity index (χ2n) is 3.69. The van der Waals surface area contributed by atoms with Crippen molar-refractivity contribution < 1.29 is 0 Å². The molecular formula is C13H16N2. The Morgan fingerprint density at radius 2 is 2.00 bits per heavy atom. The first-order chi connectivity index (χ1) is 7.38. The Balaban J connectivity index is 1.93. The fourth-order valence-corrected chi connectivity index (χ4v) is 1.61. The minimum atomic E-state index is 1.01. The van der Waals surface area contributed by atoms with Gasteiger partial charge in [-0.2, -0.15) is 0 Å². The van der Waals surface area contributed by atoms with Crippen LogP contribution in [0.5, 0.6) is 0 Å². The maximum absolute atomic E-state index is 4.31. The molecule has 2 heteroatoms. The highest BCUT2D eigenvalue weighted by Gasteiger charge is 1.96. The molecule has 0 radical (unpaired) electrons. The van der Waals surface area contributed by atoms with Crippen LogP contribution in [0.3, 0.4) is 0 Å². The first-order valence-corrected chi connectivity index (χ1v) is 5.43. The van der Waals surface area contributed by atoms with Gasteiger partial charge in [0, 0.05) is 12.7 Å². The zero-order valence-electron chi connectivity index (χ0n) is 9.06. The predicted molar refractivity (Wildman–Crippen MR) is 61.8 cm³/mol. The monoisotopic (exact) mass is 200 g/mol. The minimum Gasteiger partial charge on any atom is -0.337 e.